The van der Waals surface area contributed by atoms with E-state index in [2.05, 4.69) is 31.2 Å². The lowest BCUT2D eigenvalue weighted by Gasteiger charge is -2.08. The third kappa shape index (κ3) is 2.85. The molecule has 3 aromatic rings. The number of pyridine rings is 2. The predicted molar refractivity (Wildman–Crippen MR) is 86.0 cm³/mol. The molecule has 5 nitrogen and oxygen atoms in total. The summed E-state index contributed by atoms with van der Waals surface area (Å²) in [5.41, 5.74) is 7.72. The Labute approximate surface area is 129 Å². The first-order valence-corrected chi connectivity index (χ1v) is 7.01. The summed E-state index contributed by atoms with van der Waals surface area (Å²) in [5.74, 6) is -0.323. The third-order valence-electron chi connectivity index (χ3n) is 2.96. The fourth-order valence-corrected chi connectivity index (χ4v) is 2.29. The highest BCUT2D eigenvalue weighted by molar-refractivity contribution is 9.10. The molecule has 0 saturated heterocycles. The summed E-state index contributed by atoms with van der Waals surface area (Å²) in [7, 11) is 0. The molecular formula is C15H11BrN4O. The van der Waals surface area contributed by atoms with Crippen molar-refractivity contribution in [3.63, 3.8) is 0 Å². The molecule has 104 valence electrons. The van der Waals surface area contributed by atoms with Crippen LogP contribution in [-0.4, -0.2) is 15.9 Å². The Kier molecular flexibility index (Phi) is 3.53. The average Bonchev–Trinajstić information content (AvgIpc) is 2.49. The van der Waals surface area contributed by atoms with E-state index in [1.165, 1.54) is 0 Å². The lowest BCUT2D eigenvalue weighted by Crippen LogP contribution is -2.14. The zero-order valence-electron chi connectivity index (χ0n) is 10.9. The van der Waals surface area contributed by atoms with E-state index in [0.717, 1.165) is 9.86 Å². The lowest BCUT2D eigenvalue weighted by molar-refractivity contribution is 0.102. The number of carbonyl (C=O) groups excluding carboxylic acids is 1. The van der Waals surface area contributed by atoms with Gasteiger partial charge in [-0.15, -0.1) is 0 Å². The van der Waals surface area contributed by atoms with Crippen LogP contribution < -0.4 is 11.1 Å². The van der Waals surface area contributed by atoms with Crippen molar-refractivity contribution >= 4 is 44.2 Å². The summed E-state index contributed by atoms with van der Waals surface area (Å²) >= 11 is 3.32. The van der Waals surface area contributed by atoms with Crippen molar-refractivity contribution in [2.75, 3.05) is 11.1 Å². The number of amides is 1. The van der Waals surface area contributed by atoms with Crippen LogP contribution in [-0.2, 0) is 0 Å². The molecule has 0 aliphatic heterocycles. The summed E-state index contributed by atoms with van der Waals surface area (Å²) in [6, 6.07) is 12.5. The van der Waals surface area contributed by atoms with Gasteiger partial charge in [-0.25, -0.2) is 9.97 Å². The van der Waals surface area contributed by atoms with Crippen molar-refractivity contribution in [1.82, 2.24) is 9.97 Å². The van der Waals surface area contributed by atoms with Gasteiger partial charge in [0.15, 0.2) is 5.65 Å². The van der Waals surface area contributed by atoms with Gasteiger partial charge < -0.3 is 11.1 Å². The Morgan fingerprint density at radius 2 is 2.05 bits per heavy atom. The van der Waals surface area contributed by atoms with Gasteiger partial charge in [-0.1, -0.05) is 15.9 Å². The number of nitrogens with one attached hydrogen (secondary N) is 1. The minimum atomic E-state index is -0.323. The smallest absolute Gasteiger partial charge is 0.274 e. The second-order valence-corrected chi connectivity index (χ2v) is 5.35. The summed E-state index contributed by atoms with van der Waals surface area (Å²) in [5, 5.41) is 3.63. The van der Waals surface area contributed by atoms with Crippen molar-refractivity contribution in [3.05, 3.63) is 58.8 Å². The first-order valence-electron chi connectivity index (χ1n) is 6.21. The first-order chi connectivity index (χ1) is 10.1. The molecule has 0 fully saturated rings. The summed E-state index contributed by atoms with van der Waals surface area (Å²) < 4.78 is 0.853. The molecule has 3 N–H and O–H groups in total. The Balaban J connectivity index is 1.89. The number of nitrogens with two attached hydrogens (primary N) is 1. The summed E-state index contributed by atoms with van der Waals surface area (Å²) in [6.45, 7) is 0. The predicted octanol–water partition coefficient (Wildman–Crippen LogP) is 3.23. The van der Waals surface area contributed by atoms with E-state index < -0.39 is 0 Å². The second kappa shape index (κ2) is 5.49. The van der Waals surface area contributed by atoms with E-state index in [1.54, 1.807) is 30.5 Å². The molecule has 6 heteroatoms. The molecule has 1 amide bonds. The van der Waals surface area contributed by atoms with Gasteiger partial charge in [0.2, 0.25) is 0 Å². The monoisotopic (exact) mass is 342 g/mol. The Morgan fingerprint density at radius 1 is 1.19 bits per heavy atom. The number of carbonyl (C=O) groups is 1. The summed E-state index contributed by atoms with van der Waals surface area (Å²) in [6.07, 6.45) is 1.64. The quantitative estimate of drug-likeness (QED) is 0.700. The molecule has 0 atom stereocenters. The van der Waals surface area contributed by atoms with Crippen molar-refractivity contribution in [2.24, 2.45) is 0 Å². The lowest BCUT2D eigenvalue weighted by atomic mass is 10.2. The Bertz CT molecular complexity index is 835. The third-order valence-corrected chi connectivity index (χ3v) is 3.45. The number of aromatic nitrogens is 2. The minimum absolute atomic E-state index is 0.295. The van der Waals surface area contributed by atoms with Crippen LogP contribution in [0.25, 0.3) is 11.0 Å². The molecule has 2 aromatic heterocycles. The molecule has 2 heterocycles. The highest BCUT2D eigenvalue weighted by Gasteiger charge is 2.10. The van der Waals surface area contributed by atoms with Gasteiger partial charge in [-0.05, 0) is 42.5 Å². The number of anilines is 2. The molecule has 21 heavy (non-hydrogen) atoms. The number of rotatable bonds is 2. The van der Waals surface area contributed by atoms with Gasteiger partial charge in [0.05, 0.1) is 11.4 Å². The van der Waals surface area contributed by atoms with E-state index in [4.69, 9.17) is 5.73 Å². The Morgan fingerprint density at radius 3 is 2.86 bits per heavy atom. The molecule has 0 saturated carbocycles. The van der Waals surface area contributed by atoms with E-state index >= 15 is 0 Å². The molecule has 0 unspecified atom stereocenters. The van der Waals surface area contributed by atoms with E-state index in [9.17, 15) is 4.79 Å². The van der Waals surface area contributed by atoms with E-state index in [1.807, 2.05) is 18.2 Å². The highest BCUT2D eigenvalue weighted by atomic mass is 79.9. The fourth-order valence-electron chi connectivity index (χ4n) is 1.91. The largest absolute Gasteiger partial charge is 0.397 e. The molecule has 0 spiro atoms. The van der Waals surface area contributed by atoms with Gasteiger partial charge in [0.1, 0.15) is 5.69 Å². The molecule has 1 aromatic carbocycles. The summed E-state index contributed by atoms with van der Waals surface area (Å²) in [4.78, 5) is 20.6. The molecule has 0 aliphatic carbocycles. The second-order valence-electron chi connectivity index (χ2n) is 4.43. The van der Waals surface area contributed by atoms with Gasteiger partial charge in [-0.3, -0.25) is 4.79 Å². The van der Waals surface area contributed by atoms with Crippen LogP contribution in [0.3, 0.4) is 0 Å². The normalized spacial score (nSPS) is 10.5. The van der Waals surface area contributed by atoms with Crippen LogP contribution in [0, 0.1) is 0 Å². The molecule has 3 rings (SSSR count). The van der Waals surface area contributed by atoms with E-state index in [0.29, 0.717) is 22.7 Å². The van der Waals surface area contributed by atoms with Crippen LogP contribution in [0.1, 0.15) is 10.5 Å². The van der Waals surface area contributed by atoms with Gasteiger partial charge >= 0.3 is 0 Å². The number of halogens is 1. The standard InChI is InChI=1S/C15H11BrN4O/c16-10-4-6-12(11(17)8-10)20-15(21)13-5-3-9-2-1-7-18-14(9)19-13/h1-8H,17H2,(H,20,21). The fraction of sp³-hybridized carbons (Fsp3) is 0. The zero-order valence-corrected chi connectivity index (χ0v) is 12.5. The van der Waals surface area contributed by atoms with Crippen LogP contribution in [0.5, 0.6) is 0 Å². The SMILES string of the molecule is Nc1cc(Br)ccc1NC(=O)c1ccc2cccnc2n1. The maximum atomic E-state index is 12.2. The van der Waals surface area contributed by atoms with Crippen LogP contribution in [0.4, 0.5) is 11.4 Å². The molecule has 0 bridgehead atoms. The van der Waals surface area contributed by atoms with E-state index in [-0.39, 0.29) is 5.91 Å². The number of hydrogen-bond acceptors (Lipinski definition) is 4. The van der Waals surface area contributed by atoms with Gasteiger partial charge in [0.25, 0.3) is 5.91 Å². The topological polar surface area (TPSA) is 80.9 Å². The van der Waals surface area contributed by atoms with Crippen molar-refractivity contribution < 1.29 is 4.79 Å². The number of nitrogen functional groups attached to an aromatic ring is 1. The van der Waals surface area contributed by atoms with Gasteiger partial charge in [0, 0.05) is 16.1 Å². The maximum absolute atomic E-state index is 12.2. The van der Waals surface area contributed by atoms with Crippen LogP contribution >= 0.6 is 15.9 Å². The zero-order chi connectivity index (χ0) is 14.8. The number of benzene rings is 1. The van der Waals surface area contributed by atoms with Crippen LogP contribution in [0.15, 0.2) is 53.1 Å². The Hall–Kier alpha value is -2.47. The first kappa shape index (κ1) is 13.5. The highest BCUT2D eigenvalue weighted by Crippen LogP contribution is 2.23. The van der Waals surface area contributed by atoms with Crippen molar-refractivity contribution in [3.8, 4) is 0 Å². The van der Waals surface area contributed by atoms with Crippen LogP contribution in [0.2, 0.25) is 0 Å². The number of nitrogens with zero attached hydrogens (tertiary/aromatic N) is 2. The average molecular weight is 343 g/mol. The number of hydrogen-bond donors (Lipinski definition) is 2. The van der Waals surface area contributed by atoms with Gasteiger partial charge in [-0.2, -0.15) is 0 Å². The number of fused-ring (bicyclic) bond motifs is 1. The van der Waals surface area contributed by atoms with Crippen molar-refractivity contribution in [2.45, 2.75) is 0 Å². The van der Waals surface area contributed by atoms with Crippen molar-refractivity contribution in [1.29, 1.82) is 0 Å². The molecule has 0 aliphatic rings. The minimum Gasteiger partial charge on any atom is -0.397 e. The molecular weight excluding hydrogens is 332 g/mol. The molecule has 0 radical (unpaired) electrons. The maximum Gasteiger partial charge on any atom is 0.274 e.